The largest absolute Gasteiger partial charge is 0.466 e. The van der Waals surface area contributed by atoms with Gasteiger partial charge in [0.05, 0.1) is 12.5 Å². The van der Waals surface area contributed by atoms with Gasteiger partial charge in [0.1, 0.15) is 0 Å². The quantitative estimate of drug-likeness (QED) is 0.831. The van der Waals surface area contributed by atoms with Gasteiger partial charge in [0.2, 0.25) is 0 Å². The monoisotopic (exact) mass is 339 g/mol. The van der Waals surface area contributed by atoms with Crippen molar-refractivity contribution in [2.75, 3.05) is 11.9 Å². The fourth-order valence-corrected chi connectivity index (χ4v) is 3.01. The smallest absolute Gasteiger partial charge is 0.308 e. The Bertz CT molecular complexity index is 476. The van der Waals surface area contributed by atoms with Crippen molar-refractivity contribution < 1.29 is 9.53 Å². The fraction of sp³-hybridized carbons (Fsp3) is 0.562. The number of carbonyl (C=O) groups excluding carboxylic acids is 1. The first kappa shape index (κ1) is 15.4. The number of hydrogen-bond acceptors (Lipinski definition) is 3. The normalized spacial score (nSPS) is 22.4. The lowest BCUT2D eigenvalue weighted by Crippen LogP contribution is -2.32. The second kappa shape index (κ2) is 7.11. The molecule has 0 spiro atoms. The summed E-state index contributed by atoms with van der Waals surface area (Å²) in [6.07, 6.45) is 4.02. The van der Waals surface area contributed by atoms with Crippen LogP contribution in [0.15, 0.2) is 22.7 Å². The molecule has 1 aromatic rings. The molecule has 0 heterocycles. The summed E-state index contributed by atoms with van der Waals surface area (Å²) in [5.41, 5.74) is 2.34. The highest BCUT2D eigenvalue weighted by Crippen LogP contribution is 2.28. The van der Waals surface area contributed by atoms with Crippen molar-refractivity contribution in [3.63, 3.8) is 0 Å². The molecule has 1 fully saturated rings. The van der Waals surface area contributed by atoms with Crippen molar-refractivity contribution in [2.45, 2.75) is 45.6 Å². The van der Waals surface area contributed by atoms with E-state index in [9.17, 15) is 4.79 Å². The zero-order valence-corrected chi connectivity index (χ0v) is 13.7. The van der Waals surface area contributed by atoms with E-state index in [2.05, 4.69) is 46.4 Å². The molecule has 110 valence electrons. The van der Waals surface area contributed by atoms with Gasteiger partial charge in [0.15, 0.2) is 0 Å². The molecule has 2 atom stereocenters. The molecule has 2 unspecified atom stereocenters. The van der Waals surface area contributed by atoms with E-state index in [0.29, 0.717) is 12.6 Å². The Hall–Kier alpha value is -1.03. The van der Waals surface area contributed by atoms with Crippen LogP contribution in [0.1, 0.15) is 38.2 Å². The Morgan fingerprint density at radius 3 is 2.95 bits per heavy atom. The highest BCUT2D eigenvalue weighted by molar-refractivity contribution is 9.10. The Labute approximate surface area is 129 Å². The minimum atomic E-state index is -0.0361. The van der Waals surface area contributed by atoms with Crippen molar-refractivity contribution in [3.05, 3.63) is 28.2 Å². The maximum absolute atomic E-state index is 11.8. The molecule has 1 aliphatic rings. The second-order valence-corrected chi connectivity index (χ2v) is 6.28. The SMILES string of the molecule is CCOC(=O)C1CCCC(Nc2ccc(Br)c(C)c2)C1. The van der Waals surface area contributed by atoms with Crippen LogP contribution in [0.5, 0.6) is 0 Å². The van der Waals surface area contributed by atoms with Crippen molar-refractivity contribution in [1.29, 1.82) is 0 Å². The van der Waals surface area contributed by atoms with Crippen LogP contribution in [0.3, 0.4) is 0 Å². The standard InChI is InChI=1S/C16H22BrNO2/c1-3-20-16(19)12-5-4-6-13(10-12)18-14-7-8-15(17)11(2)9-14/h7-9,12-13,18H,3-6,10H2,1-2H3. The number of rotatable bonds is 4. The van der Waals surface area contributed by atoms with Gasteiger partial charge in [0, 0.05) is 16.2 Å². The average Bonchev–Trinajstić information content (AvgIpc) is 2.43. The minimum absolute atomic E-state index is 0.0361. The molecule has 1 aliphatic carbocycles. The summed E-state index contributed by atoms with van der Waals surface area (Å²) in [5.74, 6) is 0.0173. The summed E-state index contributed by atoms with van der Waals surface area (Å²) in [7, 11) is 0. The van der Waals surface area contributed by atoms with Gasteiger partial charge in [-0.15, -0.1) is 0 Å². The Morgan fingerprint density at radius 2 is 2.25 bits per heavy atom. The van der Waals surface area contributed by atoms with Crippen molar-refractivity contribution in [2.24, 2.45) is 5.92 Å². The first-order valence-corrected chi connectivity index (χ1v) is 8.08. The molecular weight excluding hydrogens is 318 g/mol. The zero-order valence-electron chi connectivity index (χ0n) is 12.1. The van der Waals surface area contributed by atoms with E-state index >= 15 is 0 Å². The van der Waals surface area contributed by atoms with E-state index in [1.54, 1.807) is 0 Å². The first-order valence-electron chi connectivity index (χ1n) is 7.29. The number of ether oxygens (including phenoxy) is 1. The van der Waals surface area contributed by atoms with Crippen LogP contribution in [0.25, 0.3) is 0 Å². The lowest BCUT2D eigenvalue weighted by atomic mass is 9.85. The van der Waals surface area contributed by atoms with Crippen molar-refractivity contribution in [3.8, 4) is 0 Å². The number of hydrogen-bond donors (Lipinski definition) is 1. The Balaban J connectivity index is 1.95. The second-order valence-electron chi connectivity index (χ2n) is 5.42. The van der Waals surface area contributed by atoms with E-state index in [-0.39, 0.29) is 11.9 Å². The van der Waals surface area contributed by atoms with Crippen LogP contribution in [0.2, 0.25) is 0 Å². The molecule has 1 N–H and O–H groups in total. The van der Waals surface area contributed by atoms with E-state index in [1.807, 2.05) is 6.92 Å². The van der Waals surface area contributed by atoms with Gasteiger partial charge in [-0.3, -0.25) is 4.79 Å². The maximum atomic E-state index is 11.8. The van der Waals surface area contributed by atoms with Gasteiger partial charge in [0.25, 0.3) is 0 Å². The molecule has 0 radical (unpaired) electrons. The lowest BCUT2D eigenvalue weighted by Gasteiger charge is -2.29. The fourth-order valence-electron chi connectivity index (χ4n) is 2.77. The summed E-state index contributed by atoms with van der Waals surface area (Å²) in [6, 6.07) is 6.63. The number of anilines is 1. The number of esters is 1. The van der Waals surface area contributed by atoms with E-state index in [0.717, 1.165) is 35.8 Å². The third kappa shape index (κ3) is 3.98. The molecule has 0 aliphatic heterocycles. The highest BCUT2D eigenvalue weighted by Gasteiger charge is 2.28. The topological polar surface area (TPSA) is 38.3 Å². The van der Waals surface area contributed by atoms with Crippen LogP contribution < -0.4 is 5.32 Å². The molecular formula is C16H22BrNO2. The molecule has 1 aromatic carbocycles. The lowest BCUT2D eigenvalue weighted by molar-refractivity contribution is -0.149. The van der Waals surface area contributed by atoms with Gasteiger partial charge in [-0.2, -0.15) is 0 Å². The van der Waals surface area contributed by atoms with Crippen LogP contribution in [0.4, 0.5) is 5.69 Å². The van der Waals surface area contributed by atoms with Crippen molar-refractivity contribution in [1.82, 2.24) is 0 Å². The summed E-state index contributed by atoms with van der Waals surface area (Å²) in [4.78, 5) is 11.8. The number of benzene rings is 1. The first-order chi connectivity index (χ1) is 9.60. The van der Waals surface area contributed by atoms with Crippen LogP contribution in [0, 0.1) is 12.8 Å². The summed E-state index contributed by atoms with van der Waals surface area (Å²) in [6.45, 7) is 4.41. The maximum Gasteiger partial charge on any atom is 0.308 e. The third-order valence-corrected chi connectivity index (χ3v) is 4.71. The predicted octanol–water partition coefficient (Wildman–Crippen LogP) is 4.29. The molecule has 0 amide bonds. The number of nitrogens with one attached hydrogen (secondary N) is 1. The Kier molecular flexibility index (Phi) is 5.46. The third-order valence-electron chi connectivity index (χ3n) is 3.82. The molecule has 0 aromatic heterocycles. The summed E-state index contributed by atoms with van der Waals surface area (Å²) < 4.78 is 6.26. The van der Waals surface area contributed by atoms with Crippen LogP contribution in [-0.2, 0) is 9.53 Å². The molecule has 2 rings (SSSR count). The Morgan fingerprint density at radius 1 is 1.45 bits per heavy atom. The van der Waals surface area contributed by atoms with Crippen molar-refractivity contribution >= 4 is 27.6 Å². The highest BCUT2D eigenvalue weighted by atomic mass is 79.9. The predicted molar refractivity (Wildman–Crippen MR) is 84.9 cm³/mol. The van der Waals surface area contributed by atoms with Crippen LogP contribution >= 0.6 is 15.9 Å². The number of halogens is 1. The van der Waals surface area contributed by atoms with Gasteiger partial charge in [-0.25, -0.2) is 0 Å². The van der Waals surface area contributed by atoms with E-state index < -0.39 is 0 Å². The molecule has 4 heteroatoms. The van der Waals surface area contributed by atoms with Gasteiger partial charge in [-0.05, 0) is 56.9 Å². The number of aryl methyl sites for hydroxylation is 1. The zero-order chi connectivity index (χ0) is 14.5. The van der Waals surface area contributed by atoms with Crippen LogP contribution in [-0.4, -0.2) is 18.6 Å². The number of carbonyl (C=O) groups is 1. The molecule has 1 saturated carbocycles. The molecule has 0 saturated heterocycles. The van der Waals surface area contributed by atoms with Gasteiger partial charge < -0.3 is 10.1 Å². The molecule has 3 nitrogen and oxygen atoms in total. The van der Waals surface area contributed by atoms with Gasteiger partial charge >= 0.3 is 5.97 Å². The van der Waals surface area contributed by atoms with E-state index in [4.69, 9.17) is 4.74 Å². The molecule has 20 heavy (non-hydrogen) atoms. The molecule has 0 bridgehead atoms. The van der Waals surface area contributed by atoms with Gasteiger partial charge in [-0.1, -0.05) is 22.4 Å². The summed E-state index contributed by atoms with van der Waals surface area (Å²) >= 11 is 3.51. The minimum Gasteiger partial charge on any atom is -0.466 e. The summed E-state index contributed by atoms with van der Waals surface area (Å²) in [5, 5.41) is 3.55. The van der Waals surface area contributed by atoms with E-state index in [1.165, 1.54) is 5.56 Å². The average molecular weight is 340 g/mol.